The number of carbonyl (C=O) groups is 1. The van der Waals surface area contributed by atoms with E-state index < -0.39 is 11.9 Å². The van der Waals surface area contributed by atoms with Crippen LogP contribution in [0.1, 0.15) is 18.2 Å². The summed E-state index contributed by atoms with van der Waals surface area (Å²) in [7, 11) is 0. The molecule has 4 nitrogen and oxygen atoms in total. The van der Waals surface area contributed by atoms with E-state index in [1.165, 1.54) is 0 Å². The SMILES string of the molecule is Cc1ccc2c(CC(C)C(=O)O)[nH]nc2c1. The van der Waals surface area contributed by atoms with Gasteiger partial charge in [0, 0.05) is 17.5 Å². The third-order valence-corrected chi connectivity index (χ3v) is 2.72. The highest BCUT2D eigenvalue weighted by Crippen LogP contribution is 2.19. The van der Waals surface area contributed by atoms with E-state index in [-0.39, 0.29) is 0 Å². The minimum Gasteiger partial charge on any atom is -0.481 e. The van der Waals surface area contributed by atoms with Gasteiger partial charge in [0.25, 0.3) is 0 Å². The molecule has 0 saturated carbocycles. The molecule has 2 N–H and O–H groups in total. The lowest BCUT2D eigenvalue weighted by atomic mass is 10.0. The first-order valence-electron chi connectivity index (χ1n) is 5.24. The fraction of sp³-hybridized carbons (Fsp3) is 0.333. The molecule has 0 radical (unpaired) electrons. The Labute approximate surface area is 93.3 Å². The molecule has 0 saturated heterocycles. The smallest absolute Gasteiger partial charge is 0.306 e. The number of rotatable bonds is 3. The summed E-state index contributed by atoms with van der Waals surface area (Å²) in [6.07, 6.45) is 0.481. The Balaban J connectivity index is 2.35. The zero-order chi connectivity index (χ0) is 11.7. The molecular formula is C12H14N2O2. The Morgan fingerprint density at radius 3 is 3.00 bits per heavy atom. The number of fused-ring (bicyclic) bond motifs is 1. The van der Waals surface area contributed by atoms with Gasteiger partial charge in [-0.05, 0) is 18.6 Å². The first-order chi connectivity index (χ1) is 7.58. The first kappa shape index (κ1) is 10.7. The first-order valence-corrected chi connectivity index (χ1v) is 5.24. The zero-order valence-electron chi connectivity index (χ0n) is 9.32. The molecule has 0 amide bonds. The number of H-pyrrole nitrogens is 1. The predicted octanol–water partition coefficient (Wildman–Crippen LogP) is 2.13. The van der Waals surface area contributed by atoms with Gasteiger partial charge in [0.05, 0.1) is 11.4 Å². The summed E-state index contributed by atoms with van der Waals surface area (Å²) in [6.45, 7) is 3.71. The number of aromatic nitrogens is 2. The van der Waals surface area contributed by atoms with E-state index in [1.54, 1.807) is 6.92 Å². The molecule has 0 aliphatic rings. The molecule has 1 aromatic heterocycles. The van der Waals surface area contributed by atoms with Gasteiger partial charge in [-0.25, -0.2) is 0 Å². The summed E-state index contributed by atoms with van der Waals surface area (Å²) in [5.41, 5.74) is 2.94. The summed E-state index contributed by atoms with van der Waals surface area (Å²) >= 11 is 0. The molecule has 0 spiro atoms. The molecule has 1 unspecified atom stereocenters. The van der Waals surface area contributed by atoms with E-state index in [2.05, 4.69) is 10.2 Å². The maximum absolute atomic E-state index is 10.8. The molecule has 0 aliphatic carbocycles. The largest absolute Gasteiger partial charge is 0.481 e. The second-order valence-electron chi connectivity index (χ2n) is 4.17. The van der Waals surface area contributed by atoms with Gasteiger partial charge in [-0.15, -0.1) is 0 Å². The van der Waals surface area contributed by atoms with Crippen LogP contribution in [0.2, 0.25) is 0 Å². The van der Waals surface area contributed by atoms with Crippen LogP contribution in [-0.2, 0) is 11.2 Å². The Kier molecular flexibility index (Phi) is 2.64. The minimum atomic E-state index is -0.783. The van der Waals surface area contributed by atoms with Crippen molar-refractivity contribution in [2.45, 2.75) is 20.3 Å². The van der Waals surface area contributed by atoms with Crippen LogP contribution in [0.25, 0.3) is 10.9 Å². The molecule has 4 heteroatoms. The van der Waals surface area contributed by atoms with Crippen molar-refractivity contribution in [2.24, 2.45) is 5.92 Å². The molecular weight excluding hydrogens is 204 g/mol. The predicted molar refractivity (Wildman–Crippen MR) is 61.3 cm³/mol. The number of hydrogen-bond acceptors (Lipinski definition) is 2. The second-order valence-corrected chi connectivity index (χ2v) is 4.17. The number of carboxylic acid groups (broad SMARTS) is 1. The molecule has 1 atom stereocenters. The average Bonchev–Trinajstić information content (AvgIpc) is 2.60. The summed E-state index contributed by atoms with van der Waals surface area (Å²) in [5, 5.41) is 17.0. The van der Waals surface area contributed by atoms with E-state index in [9.17, 15) is 4.79 Å². The number of hydrogen-bond donors (Lipinski definition) is 2. The van der Waals surface area contributed by atoms with E-state index in [0.29, 0.717) is 6.42 Å². The van der Waals surface area contributed by atoms with E-state index in [0.717, 1.165) is 22.2 Å². The van der Waals surface area contributed by atoms with Crippen LogP contribution in [0, 0.1) is 12.8 Å². The van der Waals surface area contributed by atoms with Crippen LogP contribution in [-0.4, -0.2) is 21.3 Å². The molecule has 2 rings (SSSR count). The highest BCUT2D eigenvalue weighted by atomic mass is 16.4. The van der Waals surface area contributed by atoms with Gasteiger partial charge in [0.1, 0.15) is 0 Å². The van der Waals surface area contributed by atoms with E-state index >= 15 is 0 Å². The van der Waals surface area contributed by atoms with E-state index in [4.69, 9.17) is 5.11 Å². The minimum absolute atomic E-state index is 0.398. The molecule has 0 aliphatic heterocycles. The monoisotopic (exact) mass is 218 g/mol. The number of carboxylic acids is 1. The van der Waals surface area contributed by atoms with Gasteiger partial charge in [-0.3, -0.25) is 9.89 Å². The van der Waals surface area contributed by atoms with Crippen LogP contribution in [0.15, 0.2) is 18.2 Å². The number of benzene rings is 1. The number of aromatic amines is 1. The lowest BCUT2D eigenvalue weighted by Gasteiger charge is -2.03. The van der Waals surface area contributed by atoms with Gasteiger partial charge >= 0.3 is 5.97 Å². The standard InChI is InChI=1S/C12H14N2O2/c1-7-3-4-9-10(5-7)13-14-11(9)6-8(2)12(15)16/h3-5,8H,6H2,1-2H3,(H,13,14)(H,15,16). The summed E-state index contributed by atoms with van der Waals surface area (Å²) in [4.78, 5) is 10.8. The summed E-state index contributed by atoms with van der Waals surface area (Å²) in [5.74, 6) is -1.18. The van der Waals surface area contributed by atoms with Crippen LogP contribution < -0.4 is 0 Å². The highest BCUT2D eigenvalue weighted by molar-refractivity contribution is 5.82. The summed E-state index contributed by atoms with van der Waals surface area (Å²) < 4.78 is 0. The lowest BCUT2D eigenvalue weighted by molar-refractivity contribution is -0.141. The number of nitrogens with one attached hydrogen (secondary N) is 1. The van der Waals surface area contributed by atoms with Gasteiger partial charge in [-0.1, -0.05) is 19.1 Å². The highest BCUT2D eigenvalue weighted by Gasteiger charge is 2.14. The molecule has 1 aromatic carbocycles. The van der Waals surface area contributed by atoms with Crippen LogP contribution in [0.5, 0.6) is 0 Å². The number of aryl methyl sites for hydroxylation is 1. The molecule has 1 heterocycles. The topological polar surface area (TPSA) is 66.0 Å². The van der Waals surface area contributed by atoms with Crippen molar-refractivity contribution in [3.8, 4) is 0 Å². The molecule has 16 heavy (non-hydrogen) atoms. The Bertz CT molecular complexity index is 531. The van der Waals surface area contributed by atoms with Gasteiger partial charge in [0.15, 0.2) is 0 Å². The lowest BCUT2D eigenvalue weighted by Crippen LogP contribution is -2.12. The molecule has 0 bridgehead atoms. The number of nitrogens with zero attached hydrogens (tertiary/aromatic N) is 1. The normalized spacial score (nSPS) is 12.9. The Morgan fingerprint density at radius 1 is 1.56 bits per heavy atom. The van der Waals surface area contributed by atoms with E-state index in [1.807, 2.05) is 25.1 Å². The van der Waals surface area contributed by atoms with Crippen molar-refractivity contribution < 1.29 is 9.90 Å². The van der Waals surface area contributed by atoms with Crippen molar-refractivity contribution in [1.29, 1.82) is 0 Å². The van der Waals surface area contributed by atoms with Crippen LogP contribution in [0.3, 0.4) is 0 Å². The maximum Gasteiger partial charge on any atom is 0.306 e. The Morgan fingerprint density at radius 2 is 2.31 bits per heavy atom. The molecule has 2 aromatic rings. The third-order valence-electron chi connectivity index (χ3n) is 2.72. The van der Waals surface area contributed by atoms with Crippen LogP contribution in [0.4, 0.5) is 0 Å². The van der Waals surface area contributed by atoms with Crippen molar-refractivity contribution in [1.82, 2.24) is 10.2 Å². The average molecular weight is 218 g/mol. The summed E-state index contributed by atoms with van der Waals surface area (Å²) in [6, 6.07) is 5.98. The second kappa shape index (κ2) is 3.96. The zero-order valence-corrected chi connectivity index (χ0v) is 9.32. The van der Waals surface area contributed by atoms with Crippen molar-refractivity contribution in [2.75, 3.05) is 0 Å². The fourth-order valence-corrected chi connectivity index (χ4v) is 1.73. The van der Waals surface area contributed by atoms with Crippen LogP contribution >= 0.6 is 0 Å². The quantitative estimate of drug-likeness (QED) is 0.829. The van der Waals surface area contributed by atoms with Gasteiger partial charge in [0.2, 0.25) is 0 Å². The maximum atomic E-state index is 10.8. The van der Waals surface area contributed by atoms with Gasteiger partial charge < -0.3 is 5.11 Å². The Hall–Kier alpha value is -1.84. The fourth-order valence-electron chi connectivity index (χ4n) is 1.73. The van der Waals surface area contributed by atoms with Crippen molar-refractivity contribution >= 4 is 16.9 Å². The molecule has 0 fully saturated rings. The molecule has 84 valence electrons. The third kappa shape index (κ3) is 1.91. The van der Waals surface area contributed by atoms with Gasteiger partial charge in [-0.2, -0.15) is 5.10 Å². The van der Waals surface area contributed by atoms with Crippen molar-refractivity contribution in [3.63, 3.8) is 0 Å². The number of aliphatic carboxylic acids is 1. The van der Waals surface area contributed by atoms with Crippen molar-refractivity contribution in [3.05, 3.63) is 29.5 Å².